The molecule has 2 aromatic heterocycles. The summed E-state index contributed by atoms with van der Waals surface area (Å²) in [7, 11) is 0. The van der Waals surface area contributed by atoms with Gasteiger partial charge in [0.2, 0.25) is 5.91 Å². The largest absolute Gasteiger partial charge is 0.361 e. The fourth-order valence-corrected chi connectivity index (χ4v) is 4.09. The number of aromatic nitrogens is 2. The Bertz CT molecular complexity index is 854. The molecule has 3 fully saturated rings. The highest BCUT2D eigenvalue weighted by atomic mass is 16.5. The highest BCUT2D eigenvalue weighted by Gasteiger charge is 2.42. The number of hydrogen-bond donors (Lipinski definition) is 0. The minimum Gasteiger partial charge on any atom is -0.361 e. The minimum absolute atomic E-state index is 0.0207. The molecule has 142 valence electrons. The topological polar surface area (TPSA) is 79.5 Å². The van der Waals surface area contributed by atoms with Gasteiger partial charge in [-0.05, 0) is 45.7 Å². The van der Waals surface area contributed by atoms with Crippen molar-refractivity contribution in [2.45, 2.75) is 46.2 Å². The number of carbonyl (C=O) groups excluding carboxylic acids is 2. The van der Waals surface area contributed by atoms with Crippen molar-refractivity contribution in [2.75, 3.05) is 13.1 Å². The summed E-state index contributed by atoms with van der Waals surface area (Å²) < 4.78 is 5.25. The zero-order chi connectivity index (χ0) is 19.1. The van der Waals surface area contributed by atoms with E-state index in [1.165, 1.54) is 0 Å². The lowest BCUT2D eigenvalue weighted by atomic mass is 9.93. The number of fused-ring (bicyclic) bond motifs is 4. The molecule has 27 heavy (non-hydrogen) atoms. The van der Waals surface area contributed by atoms with Gasteiger partial charge in [0.15, 0.2) is 0 Å². The molecule has 0 aliphatic carbocycles. The van der Waals surface area contributed by atoms with Crippen LogP contribution in [0, 0.1) is 26.7 Å². The Labute approximate surface area is 158 Å². The van der Waals surface area contributed by atoms with Crippen LogP contribution in [0.3, 0.4) is 0 Å². The van der Waals surface area contributed by atoms with Crippen LogP contribution in [0.5, 0.6) is 0 Å². The summed E-state index contributed by atoms with van der Waals surface area (Å²) in [5.74, 6) is 0.681. The van der Waals surface area contributed by atoms with Gasteiger partial charge in [0, 0.05) is 36.6 Å². The monoisotopic (exact) mass is 368 g/mol. The predicted octanol–water partition coefficient (Wildman–Crippen LogP) is 2.26. The first-order valence-corrected chi connectivity index (χ1v) is 9.38. The molecule has 0 spiro atoms. The van der Waals surface area contributed by atoms with E-state index in [2.05, 4.69) is 10.1 Å². The lowest BCUT2D eigenvalue weighted by molar-refractivity contribution is -0.140. The molecule has 3 aliphatic heterocycles. The normalized spacial score (nSPS) is 22.3. The molecule has 2 atom stereocenters. The van der Waals surface area contributed by atoms with Gasteiger partial charge >= 0.3 is 0 Å². The number of aryl methyl sites for hydroxylation is 3. The van der Waals surface area contributed by atoms with Crippen LogP contribution in [0.15, 0.2) is 22.9 Å². The quantitative estimate of drug-likeness (QED) is 0.830. The first-order chi connectivity index (χ1) is 12.9. The van der Waals surface area contributed by atoms with Crippen LogP contribution >= 0.6 is 0 Å². The molecule has 2 amide bonds. The molecule has 2 aromatic rings. The van der Waals surface area contributed by atoms with Gasteiger partial charge in [0.1, 0.15) is 5.76 Å². The Morgan fingerprint density at radius 1 is 1.22 bits per heavy atom. The van der Waals surface area contributed by atoms with Gasteiger partial charge in [-0.2, -0.15) is 0 Å². The van der Waals surface area contributed by atoms with Crippen LogP contribution < -0.4 is 0 Å². The number of hydrogen-bond acceptors (Lipinski definition) is 5. The standard InChI is InChI=1S/C20H24N4O3/c1-12-4-5-15(8-21-12)19(25)23-9-16-6-7-17(10-23)24(20(16)26)11-18-13(2)22-27-14(18)3/h4-5,8,16-17H,6-7,9-11H2,1-3H3/t16-,17+/m0/s1. The lowest BCUT2D eigenvalue weighted by Crippen LogP contribution is -2.47. The van der Waals surface area contributed by atoms with E-state index in [0.717, 1.165) is 35.6 Å². The maximum absolute atomic E-state index is 13.0. The Kier molecular flexibility index (Phi) is 4.45. The molecule has 5 heterocycles. The molecule has 0 N–H and O–H groups in total. The second-order valence-corrected chi connectivity index (χ2v) is 7.60. The van der Waals surface area contributed by atoms with Crippen LogP contribution in [-0.4, -0.2) is 50.9 Å². The van der Waals surface area contributed by atoms with Crippen molar-refractivity contribution in [1.29, 1.82) is 0 Å². The Morgan fingerprint density at radius 2 is 2.04 bits per heavy atom. The molecule has 7 heteroatoms. The lowest BCUT2D eigenvalue weighted by Gasteiger charge is -2.35. The Balaban J connectivity index is 1.57. The number of rotatable bonds is 3. The third-order valence-corrected chi connectivity index (χ3v) is 5.75. The molecular formula is C20H24N4O3. The van der Waals surface area contributed by atoms with E-state index < -0.39 is 0 Å². The van der Waals surface area contributed by atoms with Crippen molar-refractivity contribution in [2.24, 2.45) is 5.92 Å². The predicted molar refractivity (Wildman–Crippen MR) is 97.9 cm³/mol. The van der Waals surface area contributed by atoms with Crippen molar-refractivity contribution in [3.8, 4) is 0 Å². The maximum Gasteiger partial charge on any atom is 0.255 e. The van der Waals surface area contributed by atoms with Crippen LogP contribution in [-0.2, 0) is 11.3 Å². The third kappa shape index (κ3) is 3.22. The van der Waals surface area contributed by atoms with E-state index in [1.54, 1.807) is 12.3 Å². The Morgan fingerprint density at radius 3 is 2.70 bits per heavy atom. The van der Waals surface area contributed by atoms with E-state index in [-0.39, 0.29) is 23.8 Å². The van der Waals surface area contributed by atoms with Gasteiger partial charge in [0.25, 0.3) is 5.91 Å². The van der Waals surface area contributed by atoms with Crippen molar-refractivity contribution >= 4 is 11.8 Å². The van der Waals surface area contributed by atoms with Gasteiger partial charge in [-0.15, -0.1) is 0 Å². The van der Waals surface area contributed by atoms with E-state index in [1.807, 2.05) is 36.6 Å². The van der Waals surface area contributed by atoms with Crippen molar-refractivity contribution in [1.82, 2.24) is 19.9 Å². The average Bonchev–Trinajstić information content (AvgIpc) is 2.83. The smallest absolute Gasteiger partial charge is 0.255 e. The maximum atomic E-state index is 13.0. The molecule has 3 saturated heterocycles. The average molecular weight is 368 g/mol. The van der Waals surface area contributed by atoms with Crippen LogP contribution in [0.25, 0.3) is 0 Å². The van der Waals surface area contributed by atoms with E-state index >= 15 is 0 Å². The summed E-state index contributed by atoms with van der Waals surface area (Å²) in [4.78, 5) is 33.9. The molecule has 2 bridgehead atoms. The van der Waals surface area contributed by atoms with Gasteiger partial charge in [-0.1, -0.05) is 5.16 Å². The molecule has 0 radical (unpaired) electrons. The third-order valence-electron chi connectivity index (χ3n) is 5.75. The van der Waals surface area contributed by atoms with Crippen molar-refractivity contribution in [3.05, 3.63) is 46.6 Å². The number of piperidine rings is 1. The first-order valence-electron chi connectivity index (χ1n) is 9.38. The summed E-state index contributed by atoms with van der Waals surface area (Å²) in [5, 5.41) is 4.00. The Hall–Kier alpha value is -2.70. The first kappa shape index (κ1) is 17.7. The van der Waals surface area contributed by atoms with E-state index in [4.69, 9.17) is 4.52 Å². The minimum atomic E-state index is -0.147. The van der Waals surface area contributed by atoms with Gasteiger partial charge < -0.3 is 14.3 Å². The summed E-state index contributed by atoms with van der Waals surface area (Å²) in [5.41, 5.74) is 3.24. The number of carbonyl (C=O) groups is 2. The fourth-order valence-electron chi connectivity index (χ4n) is 4.09. The van der Waals surface area contributed by atoms with E-state index in [0.29, 0.717) is 25.2 Å². The molecule has 3 aliphatic rings. The van der Waals surface area contributed by atoms with Crippen LogP contribution in [0.1, 0.15) is 45.9 Å². The highest BCUT2D eigenvalue weighted by Crippen LogP contribution is 2.32. The summed E-state index contributed by atoms with van der Waals surface area (Å²) in [6.07, 6.45) is 3.36. The molecule has 5 rings (SSSR count). The number of amides is 2. The molecular weight excluding hydrogens is 344 g/mol. The number of pyridine rings is 1. The second kappa shape index (κ2) is 6.79. The fraction of sp³-hybridized carbons (Fsp3) is 0.500. The molecule has 0 aromatic carbocycles. The van der Waals surface area contributed by atoms with Gasteiger partial charge in [-0.3, -0.25) is 14.6 Å². The van der Waals surface area contributed by atoms with Crippen LogP contribution in [0.4, 0.5) is 0 Å². The van der Waals surface area contributed by atoms with Crippen molar-refractivity contribution in [3.63, 3.8) is 0 Å². The molecule has 0 saturated carbocycles. The van der Waals surface area contributed by atoms with E-state index in [9.17, 15) is 9.59 Å². The molecule has 7 nitrogen and oxygen atoms in total. The second-order valence-electron chi connectivity index (χ2n) is 7.60. The zero-order valence-electron chi connectivity index (χ0n) is 15.9. The van der Waals surface area contributed by atoms with Crippen molar-refractivity contribution < 1.29 is 14.1 Å². The summed E-state index contributed by atoms with van der Waals surface area (Å²) in [6, 6.07) is 3.67. The molecule has 0 unspecified atom stereocenters. The van der Waals surface area contributed by atoms with Gasteiger partial charge in [0.05, 0.1) is 23.7 Å². The highest BCUT2D eigenvalue weighted by molar-refractivity contribution is 5.94. The summed E-state index contributed by atoms with van der Waals surface area (Å²) >= 11 is 0. The SMILES string of the molecule is Cc1ccc(C(=O)N2C[C@@H]3CC[C@H](C2)N(Cc2c(C)noc2C)C3=O)cn1. The zero-order valence-corrected chi connectivity index (χ0v) is 15.9. The number of nitrogens with zero attached hydrogens (tertiary/aromatic N) is 4. The van der Waals surface area contributed by atoms with Gasteiger partial charge in [-0.25, -0.2) is 0 Å². The van der Waals surface area contributed by atoms with Crippen LogP contribution in [0.2, 0.25) is 0 Å². The summed E-state index contributed by atoms with van der Waals surface area (Å²) in [6.45, 7) is 7.18.